The van der Waals surface area contributed by atoms with Gasteiger partial charge in [0.25, 0.3) is 0 Å². The number of hydrogen-bond acceptors (Lipinski definition) is 4. The van der Waals surface area contributed by atoms with Gasteiger partial charge in [-0.3, -0.25) is 9.36 Å². The van der Waals surface area contributed by atoms with E-state index in [1.165, 1.54) is 5.69 Å². The van der Waals surface area contributed by atoms with Crippen LogP contribution in [0.5, 0.6) is 0 Å². The third-order valence-electron chi connectivity index (χ3n) is 3.20. The van der Waals surface area contributed by atoms with E-state index < -0.39 is 0 Å². The van der Waals surface area contributed by atoms with Crippen LogP contribution in [0.4, 0.5) is 0 Å². The minimum atomic E-state index is 0.381. The Kier molecular flexibility index (Phi) is 4.31. The summed E-state index contributed by atoms with van der Waals surface area (Å²) in [5.41, 5.74) is 2.28. The van der Waals surface area contributed by atoms with Crippen LogP contribution in [0, 0.1) is 13.8 Å². The van der Waals surface area contributed by atoms with Crippen LogP contribution < -0.4 is 5.32 Å². The molecule has 0 aromatic carbocycles. The second-order valence-electron chi connectivity index (χ2n) is 5.01. The van der Waals surface area contributed by atoms with Crippen molar-refractivity contribution < 1.29 is 0 Å². The van der Waals surface area contributed by atoms with Gasteiger partial charge in [-0.1, -0.05) is 0 Å². The Morgan fingerprint density at radius 1 is 1.37 bits per heavy atom. The molecule has 6 nitrogen and oxygen atoms in total. The maximum Gasteiger partial charge on any atom is 0.138 e. The fourth-order valence-corrected chi connectivity index (χ4v) is 2.16. The number of nitrogens with one attached hydrogen (secondary N) is 1. The number of nitrogens with zero attached hydrogens (tertiary/aromatic N) is 5. The van der Waals surface area contributed by atoms with E-state index in [2.05, 4.69) is 45.1 Å². The smallest absolute Gasteiger partial charge is 0.138 e. The van der Waals surface area contributed by atoms with E-state index in [1.807, 2.05) is 18.7 Å². The molecule has 0 fully saturated rings. The highest BCUT2D eigenvalue weighted by atomic mass is 15.3. The van der Waals surface area contributed by atoms with Gasteiger partial charge in [-0.15, -0.1) is 0 Å². The van der Waals surface area contributed by atoms with Crippen molar-refractivity contribution in [2.24, 2.45) is 7.05 Å². The number of hydrogen-bond donors (Lipinski definition) is 1. The molecule has 1 unspecified atom stereocenters. The number of rotatable bonds is 6. The molecule has 0 bridgehead atoms. The first-order valence-corrected chi connectivity index (χ1v) is 6.63. The van der Waals surface area contributed by atoms with E-state index in [9.17, 15) is 0 Å². The average molecular weight is 262 g/mol. The molecule has 2 heterocycles. The fraction of sp³-hybridized carbons (Fsp3) is 0.615. The first-order valence-electron chi connectivity index (χ1n) is 6.63. The van der Waals surface area contributed by atoms with Crippen LogP contribution in [0.1, 0.15) is 24.1 Å². The van der Waals surface area contributed by atoms with Gasteiger partial charge in [-0.05, 0) is 26.8 Å². The van der Waals surface area contributed by atoms with Gasteiger partial charge in [0, 0.05) is 31.7 Å². The lowest BCUT2D eigenvalue weighted by molar-refractivity contribution is 0.444. The quantitative estimate of drug-likeness (QED) is 0.838. The van der Waals surface area contributed by atoms with Gasteiger partial charge in [0.05, 0.1) is 12.2 Å². The van der Waals surface area contributed by atoms with Crippen molar-refractivity contribution >= 4 is 0 Å². The summed E-state index contributed by atoms with van der Waals surface area (Å²) >= 11 is 0. The van der Waals surface area contributed by atoms with Crippen molar-refractivity contribution in [3.8, 4) is 0 Å². The van der Waals surface area contributed by atoms with Crippen molar-refractivity contribution in [2.45, 2.75) is 39.8 Å². The van der Waals surface area contributed by atoms with Gasteiger partial charge in [0.15, 0.2) is 0 Å². The minimum Gasteiger partial charge on any atom is -0.312 e. The highest BCUT2D eigenvalue weighted by Gasteiger charge is 2.07. The Bertz CT molecular complexity index is 527. The summed E-state index contributed by atoms with van der Waals surface area (Å²) < 4.78 is 3.86. The van der Waals surface area contributed by atoms with Crippen LogP contribution in [0.2, 0.25) is 0 Å². The summed E-state index contributed by atoms with van der Waals surface area (Å²) in [5.74, 6) is 1.01. The minimum absolute atomic E-state index is 0.381. The van der Waals surface area contributed by atoms with Crippen molar-refractivity contribution in [3.05, 3.63) is 29.6 Å². The monoisotopic (exact) mass is 262 g/mol. The van der Waals surface area contributed by atoms with E-state index in [4.69, 9.17) is 0 Å². The van der Waals surface area contributed by atoms with E-state index in [1.54, 1.807) is 6.33 Å². The molecule has 0 spiro atoms. The van der Waals surface area contributed by atoms with Gasteiger partial charge in [-0.25, -0.2) is 4.98 Å². The van der Waals surface area contributed by atoms with Crippen LogP contribution in [-0.4, -0.2) is 37.1 Å². The molecular weight excluding hydrogens is 240 g/mol. The zero-order chi connectivity index (χ0) is 13.8. The van der Waals surface area contributed by atoms with Crippen LogP contribution >= 0.6 is 0 Å². The molecule has 19 heavy (non-hydrogen) atoms. The van der Waals surface area contributed by atoms with Crippen LogP contribution in [-0.2, 0) is 20.0 Å². The van der Waals surface area contributed by atoms with Gasteiger partial charge in [-0.2, -0.15) is 10.2 Å². The highest BCUT2D eigenvalue weighted by Crippen LogP contribution is 2.03. The Hall–Kier alpha value is -1.69. The summed E-state index contributed by atoms with van der Waals surface area (Å²) in [4.78, 5) is 4.21. The van der Waals surface area contributed by atoms with Crippen LogP contribution in [0.15, 0.2) is 12.4 Å². The van der Waals surface area contributed by atoms with Gasteiger partial charge < -0.3 is 5.32 Å². The Labute approximate surface area is 113 Å². The molecular formula is C13H22N6. The van der Waals surface area contributed by atoms with Crippen molar-refractivity contribution in [1.29, 1.82) is 0 Å². The molecule has 0 saturated carbocycles. The maximum atomic E-state index is 4.47. The Morgan fingerprint density at radius 3 is 2.74 bits per heavy atom. The van der Waals surface area contributed by atoms with Crippen LogP contribution in [0.25, 0.3) is 0 Å². The second-order valence-corrected chi connectivity index (χ2v) is 5.01. The normalized spacial score (nSPS) is 12.8. The molecule has 0 amide bonds. The van der Waals surface area contributed by atoms with E-state index >= 15 is 0 Å². The number of aryl methyl sites for hydroxylation is 3. The standard InChI is InChI=1S/C13H22N6/c1-10-7-12(3)19(17-10)8-11(2)14-6-5-13-15-9-16-18(13)4/h7,9,11,14H,5-6,8H2,1-4H3. The first-order chi connectivity index (χ1) is 9.06. The summed E-state index contributed by atoms with van der Waals surface area (Å²) in [6.07, 6.45) is 2.48. The molecule has 2 aromatic rings. The molecule has 0 aliphatic carbocycles. The molecule has 0 aliphatic rings. The predicted octanol–water partition coefficient (Wildman–Crippen LogP) is 0.849. The lowest BCUT2D eigenvalue weighted by Crippen LogP contribution is -2.33. The number of aromatic nitrogens is 5. The van der Waals surface area contributed by atoms with Gasteiger partial charge >= 0.3 is 0 Å². The molecule has 1 atom stereocenters. The molecule has 6 heteroatoms. The largest absolute Gasteiger partial charge is 0.312 e. The highest BCUT2D eigenvalue weighted by molar-refractivity contribution is 5.06. The molecule has 2 rings (SSSR count). The summed E-state index contributed by atoms with van der Waals surface area (Å²) in [5, 5.41) is 12.0. The molecule has 1 N–H and O–H groups in total. The second kappa shape index (κ2) is 5.97. The van der Waals surface area contributed by atoms with E-state index in [-0.39, 0.29) is 0 Å². The van der Waals surface area contributed by atoms with E-state index in [0.717, 1.165) is 31.0 Å². The lowest BCUT2D eigenvalue weighted by Gasteiger charge is -2.14. The summed E-state index contributed by atoms with van der Waals surface area (Å²) in [6, 6.07) is 2.48. The third kappa shape index (κ3) is 3.64. The lowest BCUT2D eigenvalue weighted by atomic mass is 10.3. The predicted molar refractivity (Wildman–Crippen MR) is 73.9 cm³/mol. The third-order valence-corrected chi connectivity index (χ3v) is 3.20. The Morgan fingerprint density at radius 2 is 2.16 bits per heavy atom. The van der Waals surface area contributed by atoms with Crippen molar-refractivity contribution in [2.75, 3.05) is 6.54 Å². The fourth-order valence-electron chi connectivity index (χ4n) is 2.16. The van der Waals surface area contributed by atoms with Crippen molar-refractivity contribution in [1.82, 2.24) is 29.9 Å². The average Bonchev–Trinajstić information content (AvgIpc) is 2.86. The molecule has 0 saturated heterocycles. The van der Waals surface area contributed by atoms with Crippen molar-refractivity contribution in [3.63, 3.8) is 0 Å². The SMILES string of the molecule is Cc1cc(C)n(CC(C)NCCc2ncnn2C)n1. The molecule has 104 valence electrons. The van der Waals surface area contributed by atoms with E-state index in [0.29, 0.717) is 6.04 Å². The maximum absolute atomic E-state index is 4.47. The molecule has 0 aliphatic heterocycles. The summed E-state index contributed by atoms with van der Waals surface area (Å²) in [6.45, 7) is 8.07. The first kappa shape index (κ1) is 13.7. The Balaban J connectivity index is 1.77. The zero-order valence-corrected chi connectivity index (χ0v) is 12.1. The summed E-state index contributed by atoms with van der Waals surface area (Å²) in [7, 11) is 1.92. The molecule has 2 aromatic heterocycles. The van der Waals surface area contributed by atoms with Crippen LogP contribution in [0.3, 0.4) is 0 Å². The van der Waals surface area contributed by atoms with Gasteiger partial charge in [0.1, 0.15) is 12.2 Å². The zero-order valence-electron chi connectivity index (χ0n) is 12.1. The molecule has 0 radical (unpaired) electrons. The topological polar surface area (TPSA) is 60.6 Å². The van der Waals surface area contributed by atoms with Gasteiger partial charge in [0.2, 0.25) is 0 Å².